The number of aliphatic hydroxyl groups excluding tert-OH is 1. The third kappa shape index (κ3) is 12.2. The molecule has 1 saturated heterocycles. The van der Waals surface area contributed by atoms with Crippen molar-refractivity contribution in [2.75, 3.05) is 13.1 Å². The average Bonchev–Trinajstić information content (AvgIpc) is 3.62. The van der Waals surface area contributed by atoms with E-state index in [0.717, 1.165) is 48.8 Å². The fraction of sp³-hybridized carbons (Fsp3) is 0.622. The fourth-order valence-corrected chi connectivity index (χ4v) is 9.30. The topological polar surface area (TPSA) is 288 Å². The minimum absolute atomic E-state index is 0.0205. The minimum atomic E-state index is -1.69. The molecule has 0 radical (unpaired) electrons. The molecular formula is C45H70BN9O8. The van der Waals surface area contributed by atoms with Crippen LogP contribution in [-0.4, -0.2) is 103 Å². The third-order valence-electron chi connectivity index (χ3n) is 13.3. The zero-order valence-electron chi connectivity index (χ0n) is 37.5. The molecule has 17 nitrogen and oxygen atoms in total. The predicted molar refractivity (Wildman–Crippen MR) is 241 cm³/mol. The van der Waals surface area contributed by atoms with E-state index in [9.17, 15) is 29.1 Å². The van der Waals surface area contributed by atoms with E-state index in [0.29, 0.717) is 31.2 Å². The first kappa shape index (κ1) is 49.6. The molecule has 3 aliphatic carbocycles. The first-order valence-corrected chi connectivity index (χ1v) is 22.5. The van der Waals surface area contributed by atoms with E-state index in [1.54, 1.807) is 0 Å². The summed E-state index contributed by atoms with van der Waals surface area (Å²) in [6.07, 6.45) is 3.19. The van der Waals surface area contributed by atoms with Crippen molar-refractivity contribution in [1.29, 1.82) is 0 Å². The number of nitrogens with one attached hydrogen (secondary N) is 5. The highest BCUT2D eigenvalue weighted by atomic mass is 16.7. The molecule has 346 valence electrons. The molecule has 18 heteroatoms. The van der Waals surface area contributed by atoms with Gasteiger partial charge in [-0.1, -0.05) is 75.7 Å². The van der Waals surface area contributed by atoms with Crippen molar-refractivity contribution >= 4 is 36.7 Å². The second kappa shape index (κ2) is 22.0. The molecule has 1 unspecified atom stereocenters. The van der Waals surface area contributed by atoms with Crippen LogP contribution in [0.15, 0.2) is 48.5 Å². The van der Waals surface area contributed by atoms with Gasteiger partial charge in [0, 0.05) is 0 Å². The molecule has 1 heterocycles. The molecule has 2 bridgehead atoms. The highest BCUT2D eigenvalue weighted by Gasteiger charge is 2.68. The molecule has 4 aliphatic rings. The van der Waals surface area contributed by atoms with Crippen LogP contribution in [0.1, 0.15) is 97.1 Å². The van der Waals surface area contributed by atoms with E-state index in [1.165, 1.54) is 12.5 Å². The number of amides is 5. The average molecular weight is 876 g/mol. The summed E-state index contributed by atoms with van der Waals surface area (Å²) in [5, 5.41) is 23.3. The Bertz CT molecular complexity index is 1890. The summed E-state index contributed by atoms with van der Waals surface area (Å²) in [6, 6.07) is 11.1. The van der Waals surface area contributed by atoms with Crippen LogP contribution in [0, 0.1) is 17.3 Å². The second-order valence-electron chi connectivity index (χ2n) is 18.3. The van der Waals surface area contributed by atoms with Crippen LogP contribution in [0.4, 0.5) is 0 Å². The number of rotatable bonds is 23. The first-order chi connectivity index (χ1) is 29.9. The summed E-state index contributed by atoms with van der Waals surface area (Å²) in [5.41, 5.74) is 27.6. The monoisotopic (exact) mass is 876 g/mol. The molecule has 1 aliphatic heterocycles. The number of aryl methyl sites for hydroxylation is 1. The molecular weight excluding hydrogens is 805 g/mol. The van der Waals surface area contributed by atoms with Gasteiger partial charge in [0.15, 0.2) is 6.17 Å². The van der Waals surface area contributed by atoms with Crippen LogP contribution < -0.4 is 49.5 Å². The van der Waals surface area contributed by atoms with Gasteiger partial charge in [-0.05, 0) is 118 Å². The molecule has 0 spiro atoms. The molecule has 2 aromatic carbocycles. The van der Waals surface area contributed by atoms with Gasteiger partial charge in [-0.2, -0.15) is 0 Å². The van der Waals surface area contributed by atoms with E-state index in [-0.39, 0.29) is 37.3 Å². The van der Waals surface area contributed by atoms with Crippen molar-refractivity contribution in [1.82, 2.24) is 26.6 Å². The Morgan fingerprint density at radius 1 is 0.762 bits per heavy atom. The van der Waals surface area contributed by atoms with Crippen LogP contribution in [-0.2, 0) is 46.1 Å². The SMILES string of the molecule is CCCCc1ccc(-c2ccc(CC(=O)N[C@@H](CCN)C(=O)N[C@H](C(=O)N[C@@H](N)C(=O)N[C@@H](CCCCN)C(=O)N[C@@H](N)B3OC4C[C@@H]5C[C@@H](C5(C)C)[C@]4(C)O3)[C@@H](C)O)cc2)cc1. The van der Waals surface area contributed by atoms with Crippen LogP contribution in [0.25, 0.3) is 11.1 Å². The van der Waals surface area contributed by atoms with E-state index < -0.39 is 78.7 Å². The van der Waals surface area contributed by atoms with Gasteiger partial charge in [-0.15, -0.1) is 0 Å². The molecule has 0 aromatic heterocycles. The number of carbonyl (C=O) groups is 5. The summed E-state index contributed by atoms with van der Waals surface area (Å²) in [6.45, 7) is 10.4. The van der Waals surface area contributed by atoms with E-state index in [2.05, 4.69) is 71.6 Å². The predicted octanol–water partition coefficient (Wildman–Crippen LogP) is 0.621. The minimum Gasteiger partial charge on any atom is -0.403 e. The maximum absolute atomic E-state index is 13.6. The Balaban J connectivity index is 1.13. The molecule has 10 atom stereocenters. The van der Waals surface area contributed by atoms with Gasteiger partial charge in [0.1, 0.15) is 24.2 Å². The summed E-state index contributed by atoms with van der Waals surface area (Å²) in [4.78, 5) is 66.9. The van der Waals surface area contributed by atoms with Crippen molar-refractivity contribution in [2.24, 2.45) is 40.2 Å². The highest BCUT2D eigenvalue weighted by Crippen LogP contribution is 2.65. The zero-order chi connectivity index (χ0) is 46.1. The lowest BCUT2D eigenvalue weighted by Crippen LogP contribution is -2.65. The normalized spacial score (nSPS) is 23.7. The quantitative estimate of drug-likeness (QED) is 0.0418. The lowest BCUT2D eigenvalue weighted by molar-refractivity contribution is -0.199. The van der Waals surface area contributed by atoms with E-state index >= 15 is 0 Å². The molecule has 5 amide bonds. The highest BCUT2D eigenvalue weighted by molar-refractivity contribution is 6.47. The number of aliphatic hydroxyl groups is 1. The van der Waals surface area contributed by atoms with Gasteiger partial charge in [0.05, 0.1) is 24.2 Å². The molecule has 3 saturated carbocycles. The number of hydrogen-bond donors (Lipinski definition) is 10. The van der Waals surface area contributed by atoms with Crippen LogP contribution in [0.2, 0.25) is 0 Å². The molecule has 4 fully saturated rings. The smallest absolute Gasteiger partial charge is 0.403 e. The maximum atomic E-state index is 13.6. The van der Waals surface area contributed by atoms with Gasteiger partial charge >= 0.3 is 7.12 Å². The van der Waals surface area contributed by atoms with Crippen molar-refractivity contribution in [3.63, 3.8) is 0 Å². The molecule has 14 N–H and O–H groups in total. The Morgan fingerprint density at radius 2 is 1.38 bits per heavy atom. The number of nitrogens with two attached hydrogens (primary N) is 4. The number of hydrogen-bond acceptors (Lipinski definition) is 12. The molecule has 63 heavy (non-hydrogen) atoms. The standard InChI is InChI=1S/C45H70BN9O8/c1-6-7-10-27-12-16-29(17-13-27)30-18-14-28(15-19-30)23-36(57)51-33(20-22-48)39(58)53-37(26(2)56)41(60)54-38(49)42(61)52-32(11-8-9-21-47)40(59)55-43(50)46-62-35-25-31-24-34(44(31,3)4)45(35,5)63-46/h12-19,26,31-35,37-38,43,56H,6-11,20-25,47-50H2,1-5H3,(H,51,57)(H,52,61)(H,53,58)(H,54,60)(H,55,59)/t26-,31+,32+,33+,34+,35?,37+,38-,43-,45+/m1/s1. The van der Waals surface area contributed by atoms with Crippen molar-refractivity contribution in [2.45, 2.75) is 147 Å². The summed E-state index contributed by atoms with van der Waals surface area (Å²) >= 11 is 0. The van der Waals surface area contributed by atoms with Gasteiger partial charge in [-0.3, -0.25) is 24.0 Å². The Morgan fingerprint density at radius 3 is 1.97 bits per heavy atom. The zero-order valence-corrected chi connectivity index (χ0v) is 37.5. The van der Waals surface area contributed by atoms with Crippen LogP contribution in [0.3, 0.4) is 0 Å². The molecule has 2 aromatic rings. The summed E-state index contributed by atoms with van der Waals surface area (Å²) in [7, 11) is -0.895. The van der Waals surface area contributed by atoms with E-state index in [1.807, 2.05) is 31.2 Å². The first-order valence-electron chi connectivity index (χ1n) is 22.5. The van der Waals surface area contributed by atoms with Crippen molar-refractivity contribution < 1.29 is 38.4 Å². The van der Waals surface area contributed by atoms with E-state index in [4.69, 9.17) is 32.2 Å². The Labute approximate surface area is 371 Å². The lowest BCUT2D eigenvalue weighted by Gasteiger charge is -2.64. The van der Waals surface area contributed by atoms with Gasteiger partial charge in [0.2, 0.25) is 23.6 Å². The number of unbranched alkanes of at least 4 members (excludes halogenated alkanes) is 2. The number of benzene rings is 2. The second-order valence-corrected chi connectivity index (χ2v) is 18.3. The molecule has 6 rings (SSSR count). The van der Waals surface area contributed by atoms with Gasteiger partial charge < -0.3 is 63.9 Å². The van der Waals surface area contributed by atoms with Crippen LogP contribution in [0.5, 0.6) is 0 Å². The fourth-order valence-electron chi connectivity index (χ4n) is 9.30. The third-order valence-corrected chi connectivity index (χ3v) is 13.3. The lowest BCUT2D eigenvalue weighted by atomic mass is 9.43. The van der Waals surface area contributed by atoms with Gasteiger partial charge in [0.25, 0.3) is 5.91 Å². The Hall–Kier alpha value is -4.43. The number of carbonyl (C=O) groups excluding carboxylic acids is 5. The van der Waals surface area contributed by atoms with Crippen LogP contribution >= 0.6 is 0 Å². The summed E-state index contributed by atoms with van der Waals surface area (Å²) in [5.74, 6) is -2.90. The summed E-state index contributed by atoms with van der Waals surface area (Å²) < 4.78 is 12.6. The maximum Gasteiger partial charge on any atom is 0.497 e. The van der Waals surface area contributed by atoms with Crippen molar-refractivity contribution in [3.8, 4) is 11.1 Å². The Kier molecular flexibility index (Phi) is 17.3. The largest absolute Gasteiger partial charge is 0.497 e. The van der Waals surface area contributed by atoms with Gasteiger partial charge in [-0.25, -0.2) is 0 Å². The van der Waals surface area contributed by atoms with Crippen molar-refractivity contribution in [3.05, 3.63) is 59.7 Å².